The number of epoxide rings is 2. The molecule has 2 saturated heterocycles. The quantitative estimate of drug-likeness (QED) is 0.601. The number of ether oxygens (including phenoxy) is 2. The summed E-state index contributed by atoms with van der Waals surface area (Å²) >= 11 is 0. The zero-order valence-corrected chi connectivity index (χ0v) is 15.3. The predicted molar refractivity (Wildman–Crippen MR) is 91.6 cm³/mol. The van der Waals surface area contributed by atoms with E-state index < -0.39 is 11.2 Å². The Balaban J connectivity index is 1.68. The van der Waals surface area contributed by atoms with Crippen LogP contribution < -0.4 is 0 Å². The molecule has 2 N–H and O–H groups in total. The van der Waals surface area contributed by atoms with Crippen LogP contribution in [0.2, 0.25) is 0 Å². The molecule has 0 bridgehead atoms. The molecular formula is C20H32O4. The Hall–Kier alpha value is -0.420. The Kier molecular flexibility index (Phi) is 3.59. The Bertz CT molecular complexity index is 552. The number of fused-ring (bicyclic) bond motifs is 1. The lowest BCUT2D eigenvalue weighted by Gasteiger charge is -2.37. The van der Waals surface area contributed by atoms with Crippen LogP contribution in [0, 0.1) is 11.3 Å². The number of hydrogen-bond donors (Lipinski definition) is 2. The molecule has 6 atom stereocenters. The lowest BCUT2D eigenvalue weighted by molar-refractivity contribution is -0.0299. The van der Waals surface area contributed by atoms with E-state index in [2.05, 4.69) is 13.5 Å². The molecule has 0 aromatic carbocycles. The van der Waals surface area contributed by atoms with Gasteiger partial charge in [0.2, 0.25) is 0 Å². The van der Waals surface area contributed by atoms with Gasteiger partial charge in [-0.15, -0.1) is 0 Å². The van der Waals surface area contributed by atoms with Crippen LogP contribution in [0.4, 0.5) is 0 Å². The maximum Gasteiger partial charge on any atom is 0.120 e. The number of aliphatic hydroxyl groups is 2. The Labute approximate surface area is 145 Å². The van der Waals surface area contributed by atoms with Crippen LogP contribution in [0.15, 0.2) is 12.2 Å². The Morgan fingerprint density at radius 2 is 1.92 bits per heavy atom. The predicted octanol–water partition coefficient (Wildman–Crippen LogP) is 2.96. The van der Waals surface area contributed by atoms with Gasteiger partial charge in [0, 0.05) is 12.3 Å². The van der Waals surface area contributed by atoms with E-state index in [0.29, 0.717) is 0 Å². The van der Waals surface area contributed by atoms with Gasteiger partial charge in [-0.25, -0.2) is 0 Å². The molecule has 2 heterocycles. The van der Waals surface area contributed by atoms with Crippen molar-refractivity contribution >= 4 is 0 Å². The number of hydrogen-bond acceptors (Lipinski definition) is 4. The molecule has 2 aliphatic heterocycles. The summed E-state index contributed by atoms with van der Waals surface area (Å²) in [6.07, 6.45) is 7.08. The van der Waals surface area contributed by atoms with Gasteiger partial charge in [-0.05, 0) is 57.8 Å². The fourth-order valence-electron chi connectivity index (χ4n) is 5.90. The molecule has 4 nitrogen and oxygen atoms in total. The number of allylic oxidation sites excluding steroid dienone is 1. The van der Waals surface area contributed by atoms with Crippen molar-refractivity contribution in [3.63, 3.8) is 0 Å². The molecule has 1 spiro atoms. The van der Waals surface area contributed by atoms with Gasteiger partial charge < -0.3 is 19.7 Å². The molecule has 0 radical (unpaired) electrons. The largest absolute Gasteiger partial charge is 0.393 e. The minimum absolute atomic E-state index is 0.0595. The number of rotatable bonds is 2. The summed E-state index contributed by atoms with van der Waals surface area (Å²) < 4.78 is 12.4. The second kappa shape index (κ2) is 5.06. The van der Waals surface area contributed by atoms with Crippen molar-refractivity contribution in [2.45, 2.75) is 94.7 Å². The van der Waals surface area contributed by atoms with Crippen LogP contribution in [-0.2, 0) is 9.47 Å². The standard InChI is InChI=1S/C20H32O4/c1-13-5-6-15-19(12-21,23-15)11-16-20(24-16)14(17(2,3)22)8-10-18(20,4)9-7-13/h14-16,21-22H,1,5-12H2,2-4H3/t14?,15?,16?,18-,19?,20?/m1/s1. The van der Waals surface area contributed by atoms with Gasteiger partial charge in [0.05, 0.1) is 24.4 Å². The van der Waals surface area contributed by atoms with Crippen molar-refractivity contribution in [2.24, 2.45) is 11.3 Å². The first kappa shape index (κ1) is 17.0. The molecule has 4 fully saturated rings. The van der Waals surface area contributed by atoms with Crippen molar-refractivity contribution in [2.75, 3.05) is 6.61 Å². The summed E-state index contributed by atoms with van der Waals surface area (Å²) in [5, 5.41) is 20.7. The van der Waals surface area contributed by atoms with E-state index >= 15 is 0 Å². The molecule has 0 amide bonds. The zero-order chi connectivity index (χ0) is 17.4. The van der Waals surface area contributed by atoms with Crippen molar-refractivity contribution in [1.29, 1.82) is 0 Å². The van der Waals surface area contributed by atoms with Gasteiger partial charge in [-0.3, -0.25) is 0 Å². The fraction of sp³-hybridized carbons (Fsp3) is 0.900. The van der Waals surface area contributed by atoms with E-state index in [-0.39, 0.29) is 35.7 Å². The summed E-state index contributed by atoms with van der Waals surface area (Å²) in [5.74, 6) is 0.141. The molecule has 2 aliphatic carbocycles. The van der Waals surface area contributed by atoms with Crippen LogP contribution >= 0.6 is 0 Å². The van der Waals surface area contributed by atoms with Gasteiger partial charge in [0.1, 0.15) is 11.2 Å². The highest BCUT2D eigenvalue weighted by atomic mass is 16.6. The summed E-state index contributed by atoms with van der Waals surface area (Å²) in [4.78, 5) is 0. The van der Waals surface area contributed by atoms with Crippen LogP contribution in [0.5, 0.6) is 0 Å². The zero-order valence-electron chi connectivity index (χ0n) is 15.3. The van der Waals surface area contributed by atoms with E-state index in [1.54, 1.807) is 0 Å². The van der Waals surface area contributed by atoms with Gasteiger partial charge in [0.15, 0.2) is 0 Å². The smallest absolute Gasteiger partial charge is 0.120 e. The van der Waals surface area contributed by atoms with Crippen LogP contribution in [0.25, 0.3) is 0 Å². The SMILES string of the molecule is C=C1CCC2OC2(CO)CC2OC23C(C(C)(C)O)CC[C@@]3(C)CC1. The lowest BCUT2D eigenvalue weighted by atomic mass is 9.67. The van der Waals surface area contributed by atoms with Crippen molar-refractivity contribution in [3.8, 4) is 0 Å². The fourth-order valence-corrected chi connectivity index (χ4v) is 5.90. The Morgan fingerprint density at radius 3 is 2.58 bits per heavy atom. The van der Waals surface area contributed by atoms with Crippen LogP contribution in [0.3, 0.4) is 0 Å². The highest BCUT2D eigenvalue weighted by molar-refractivity contribution is 5.25. The van der Waals surface area contributed by atoms with Gasteiger partial charge in [-0.2, -0.15) is 0 Å². The molecule has 2 saturated carbocycles. The molecule has 4 aliphatic rings. The second-order valence-corrected chi connectivity index (χ2v) is 9.53. The lowest BCUT2D eigenvalue weighted by Crippen LogP contribution is -2.46. The minimum Gasteiger partial charge on any atom is -0.393 e. The van der Waals surface area contributed by atoms with Gasteiger partial charge in [0.25, 0.3) is 0 Å². The normalized spacial score (nSPS) is 51.2. The molecule has 0 aromatic heterocycles. The third-order valence-corrected chi connectivity index (χ3v) is 7.55. The molecule has 4 rings (SSSR count). The number of aliphatic hydroxyl groups excluding tert-OH is 1. The highest BCUT2D eigenvalue weighted by Crippen LogP contribution is 2.69. The molecule has 4 heteroatoms. The highest BCUT2D eigenvalue weighted by Gasteiger charge is 2.77. The van der Waals surface area contributed by atoms with Crippen molar-refractivity contribution in [1.82, 2.24) is 0 Å². The molecule has 5 unspecified atom stereocenters. The average Bonchev–Trinajstić information content (AvgIpc) is 3.35. The van der Waals surface area contributed by atoms with Crippen LogP contribution in [-0.4, -0.2) is 45.8 Å². The average molecular weight is 336 g/mol. The Morgan fingerprint density at radius 1 is 1.17 bits per heavy atom. The van der Waals surface area contributed by atoms with E-state index in [4.69, 9.17) is 9.47 Å². The van der Waals surface area contributed by atoms with E-state index in [0.717, 1.165) is 44.9 Å². The maximum absolute atomic E-state index is 10.8. The first-order chi connectivity index (χ1) is 11.2. The monoisotopic (exact) mass is 336 g/mol. The topological polar surface area (TPSA) is 65.5 Å². The van der Waals surface area contributed by atoms with E-state index in [1.165, 1.54) is 5.57 Å². The first-order valence-electron chi connectivity index (χ1n) is 9.52. The third-order valence-electron chi connectivity index (χ3n) is 7.55. The third kappa shape index (κ3) is 2.26. The summed E-state index contributed by atoms with van der Waals surface area (Å²) in [5.41, 5.74) is -0.100. The van der Waals surface area contributed by atoms with Crippen molar-refractivity contribution in [3.05, 3.63) is 12.2 Å². The summed E-state index contributed by atoms with van der Waals surface area (Å²) in [7, 11) is 0. The molecule has 136 valence electrons. The van der Waals surface area contributed by atoms with Gasteiger partial charge in [-0.1, -0.05) is 19.1 Å². The first-order valence-corrected chi connectivity index (χ1v) is 9.52. The van der Waals surface area contributed by atoms with Crippen molar-refractivity contribution < 1.29 is 19.7 Å². The maximum atomic E-state index is 10.8. The summed E-state index contributed by atoms with van der Waals surface area (Å²) in [6, 6.07) is 0. The molecular weight excluding hydrogens is 304 g/mol. The van der Waals surface area contributed by atoms with E-state index in [1.807, 2.05) is 13.8 Å². The summed E-state index contributed by atoms with van der Waals surface area (Å²) in [6.45, 7) is 10.5. The molecule has 0 aromatic rings. The second-order valence-electron chi connectivity index (χ2n) is 9.53. The van der Waals surface area contributed by atoms with Gasteiger partial charge >= 0.3 is 0 Å². The van der Waals surface area contributed by atoms with E-state index in [9.17, 15) is 10.2 Å². The minimum atomic E-state index is -0.750. The van der Waals surface area contributed by atoms with Crippen LogP contribution in [0.1, 0.15) is 65.7 Å². The molecule has 24 heavy (non-hydrogen) atoms.